The number of anilines is 1. The van der Waals surface area contributed by atoms with Gasteiger partial charge in [-0.1, -0.05) is 0 Å². The van der Waals surface area contributed by atoms with E-state index in [1.165, 1.54) is 0 Å². The van der Waals surface area contributed by atoms with Crippen molar-refractivity contribution in [1.29, 1.82) is 0 Å². The van der Waals surface area contributed by atoms with E-state index in [0.29, 0.717) is 12.2 Å². The lowest BCUT2D eigenvalue weighted by atomic mass is 10.3. The van der Waals surface area contributed by atoms with Gasteiger partial charge in [0.2, 0.25) is 5.91 Å². The summed E-state index contributed by atoms with van der Waals surface area (Å²) < 4.78 is 1.62. The first kappa shape index (κ1) is 15.8. The number of nitrogen functional groups attached to an aromatic ring is 1. The molecule has 0 spiro atoms. The van der Waals surface area contributed by atoms with E-state index in [2.05, 4.69) is 10.4 Å². The molecule has 1 aromatic rings. The number of carbonyl (C=O) groups is 1. The number of rotatable bonds is 8. The number of nitrogens with zero attached hydrogens (tertiary/aromatic N) is 2. The maximum absolute atomic E-state index is 11.7. The molecular weight excluding hydrogens is 264 g/mol. The van der Waals surface area contributed by atoms with Gasteiger partial charge < -0.3 is 16.2 Å². The zero-order valence-corrected chi connectivity index (χ0v) is 12.3. The smallest absolute Gasteiger partial charge is 0.241 e. The van der Waals surface area contributed by atoms with Crippen LogP contribution in [0.15, 0.2) is 0 Å². The molecule has 0 aliphatic rings. The summed E-state index contributed by atoms with van der Waals surface area (Å²) in [5.74, 6) is 1.71. The van der Waals surface area contributed by atoms with Crippen LogP contribution >= 0.6 is 11.8 Å². The molecule has 0 aromatic carbocycles. The molecule has 0 atom stereocenters. The normalized spacial score (nSPS) is 10.7. The zero-order chi connectivity index (χ0) is 14.3. The van der Waals surface area contributed by atoms with E-state index in [1.807, 2.05) is 13.8 Å². The van der Waals surface area contributed by atoms with Crippen LogP contribution in [0.5, 0.6) is 0 Å². The summed E-state index contributed by atoms with van der Waals surface area (Å²) >= 11 is 1.72. The highest BCUT2D eigenvalue weighted by atomic mass is 32.2. The van der Waals surface area contributed by atoms with Gasteiger partial charge in [0, 0.05) is 18.9 Å². The van der Waals surface area contributed by atoms with Crippen LogP contribution < -0.4 is 11.1 Å². The monoisotopic (exact) mass is 286 g/mol. The lowest BCUT2D eigenvalue weighted by Gasteiger charge is -2.06. The Labute approximate surface area is 117 Å². The molecule has 1 heterocycles. The minimum absolute atomic E-state index is 0.0617. The molecule has 0 aliphatic heterocycles. The van der Waals surface area contributed by atoms with Crippen molar-refractivity contribution >= 4 is 23.4 Å². The van der Waals surface area contributed by atoms with Crippen LogP contribution in [0.2, 0.25) is 0 Å². The summed E-state index contributed by atoms with van der Waals surface area (Å²) in [6.07, 6.45) is 0.795. The van der Waals surface area contributed by atoms with E-state index in [1.54, 1.807) is 16.4 Å². The predicted octanol–water partition coefficient (Wildman–Crippen LogP) is 0.314. The first-order valence-electron chi connectivity index (χ1n) is 6.31. The third-order valence-electron chi connectivity index (χ3n) is 2.75. The highest BCUT2D eigenvalue weighted by molar-refractivity contribution is 7.99. The largest absolute Gasteiger partial charge is 0.396 e. The number of aryl methyl sites for hydroxylation is 1. The fourth-order valence-corrected chi connectivity index (χ4v) is 2.37. The fraction of sp³-hybridized carbons (Fsp3) is 0.667. The summed E-state index contributed by atoms with van der Waals surface area (Å²) in [6, 6.07) is 0. The lowest BCUT2D eigenvalue weighted by molar-refractivity contribution is -0.121. The molecule has 0 unspecified atom stereocenters. The van der Waals surface area contributed by atoms with Gasteiger partial charge in [-0.15, -0.1) is 0 Å². The highest BCUT2D eigenvalue weighted by Crippen LogP contribution is 2.14. The molecule has 0 radical (unpaired) electrons. The lowest BCUT2D eigenvalue weighted by Crippen LogP contribution is -2.30. The zero-order valence-electron chi connectivity index (χ0n) is 11.5. The second-order valence-electron chi connectivity index (χ2n) is 4.28. The number of hydrogen-bond donors (Lipinski definition) is 3. The number of aromatic nitrogens is 2. The Kier molecular flexibility index (Phi) is 6.72. The Morgan fingerprint density at radius 3 is 2.79 bits per heavy atom. The molecule has 0 saturated carbocycles. The van der Waals surface area contributed by atoms with Gasteiger partial charge in [0.1, 0.15) is 6.54 Å². The summed E-state index contributed by atoms with van der Waals surface area (Å²) in [7, 11) is 0. The van der Waals surface area contributed by atoms with Crippen LogP contribution in [0.3, 0.4) is 0 Å². The molecule has 1 aromatic heterocycles. The van der Waals surface area contributed by atoms with E-state index in [9.17, 15) is 4.79 Å². The number of nitrogens with one attached hydrogen (secondary N) is 1. The van der Waals surface area contributed by atoms with Crippen LogP contribution in [0.25, 0.3) is 0 Å². The van der Waals surface area contributed by atoms with Crippen molar-refractivity contribution < 1.29 is 9.90 Å². The van der Waals surface area contributed by atoms with Crippen molar-refractivity contribution in [1.82, 2.24) is 15.1 Å². The van der Waals surface area contributed by atoms with Crippen LogP contribution in [0.1, 0.15) is 17.8 Å². The van der Waals surface area contributed by atoms with Gasteiger partial charge in [0.25, 0.3) is 0 Å². The van der Waals surface area contributed by atoms with E-state index >= 15 is 0 Å². The third kappa shape index (κ3) is 5.12. The molecular formula is C12H22N4O2S. The quantitative estimate of drug-likeness (QED) is 0.598. The topological polar surface area (TPSA) is 93.2 Å². The first-order valence-corrected chi connectivity index (χ1v) is 7.46. The Morgan fingerprint density at radius 2 is 2.21 bits per heavy atom. The van der Waals surface area contributed by atoms with E-state index in [-0.39, 0.29) is 19.1 Å². The van der Waals surface area contributed by atoms with Crippen molar-refractivity contribution in [3.63, 3.8) is 0 Å². The van der Waals surface area contributed by atoms with E-state index in [0.717, 1.165) is 29.3 Å². The minimum atomic E-state index is -0.0617. The van der Waals surface area contributed by atoms with Crippen molar-refractivity contribution in [2.45, 2.75) is 26.8 Å². The predicted molar refractivity (Wildman–Crippen MR) is 78.2 cm³/mol. The molecule has 1 rings (SSSR count). The Balaban J connectivity index is 2.26. The van der Waals surface area contributed by atoms with Gasteiger partial charge in [-0.25, -0.2) is 0 Å². The Bertz CT molecular complexity index is 420. The second kappa shape index (κ2) is 8.06. The first-order chi connectivity index (χ1) is 9.06. The number of hydrogen-bond acceptors (Lipinski definition) is 5. The number of aliphatic hydroxyl groups excluding tert-OH is 1. The number of carbonyl (C=O) groups excluding carboxylic acids is 1. The number of thioether (sulfide) groups is 1. The van der Waals surface area contributed by atoms with Crippen molar-refractivity contribution in [3.05, 3.63) is 11.4 Å². The number of nitrogens with two attached hydrogens (primary N) is 1. The average Bonchev–Trinajstić information content (AvgIpc) is 2.61. The molecule has 0 fully saturated rings. The van der Waals surface area contributed by atoms with Gasteiger partial charge in [0.15, 0.2) is 0 Å². The molecule has 7 heteroatoms. The summed E-state index contributed by atoms with van der Waals surface area (Å²) in [4.78, 5) is 11.7. The molecule has 4 N–H and O–H groups in total. The van der Waals surface area contributed by atoms with Gasteiger partial charge >= 0.3 is 0 Å². The number of amides is 1. The molecule has 0 bridgehead atoms. The average molecular weight is 286 g/mol. The molecule has 1 amide bonds. The standard InChI is InChI=1S/C12H22N4O2S/c1-9-12(13)10(2)16(15-9)8-11(18)14-4-7-19-6-3-5-17/h17H,3-8,13H2,1-2H3,(H,14,18). The molecule has 19 heavy (non-hydrogen) atoms. The maximum atomic E-state index is 11.7. The Hall–Kier alpha value is -1.21. The van der Waals surface area contributed by atoms with Crippen LogP contribution in [0, 0.1) is 13.8 Å². The van der Waals surface area contributed by atoms with Gasteiger partial charge in [-0.3, -0.25) is 9.48 Å². The third-order valence-corrected chi connectivity index (χ3v) is 3.82. The van der Waals surface area contributed by atoms with Gasteiger partial charge in [-0.05, 0) is 26.0 Å². The van der Waals surface area contributed by atoms with Crippen LogP contribution in [-0.4, -0.2) is 45.5 Å². The van der Waals surface area contributed by atoms with Crippen molar-refractivity contribution in [2.75, 3.05) is 30.4 Å². The number of aliphatic hydroxyl groups is 1. The van der Waals surface area contributed by atoms with Crippen LogP contribution in [-0.2, 0) is 11.3 Å². The van der Waals surface area contributed by atoms with Crippen LogP contribution in [0.4, 0.5) is 5.69 Å². The van der Waals surface area contributed by atoms with E-state index in [4.69, 9.17) is 10.8 Å². The molecule has 0 saturated heterocycles. The van der Waals surface area contributed by atoms with Crippen molar-refractivity contribution in [2.24, 2.45) is 0 Å². The molecule has 108 valence electrons. The summed E-state index contributed by atoms with van der Waals surface area (Å²) in [6.45, 7) is 4.73. The summed E-state index contributed by atoms with van der Waals surface area (Å²) in [5.41, 5.74) is 8.03. The summed E-state index contributed by atoms with van der Waals surface area (Å²) in [5, 5.41) is 15.7. The SMILES string of the molecule is Cc1nn(CC(=O)NCCSCCCO)c(C)c1N. The van der Waals surface area contributed by atoms with Crippen molar-refractivity contribution in [3.8, 4) is 0 Å². The highest BCUT2D eigenvalue weighted by Gasteiger charge is 2.10. The molecule has 0 aliphatic carbocycles. The second-order valence-corrected chi connectivity index (χ2v) is 5.51. The molecule has 6 nitrogen and oxygen atoms in total. The van der Waals surface area contributed by atoms with E-state index < -0.39 is 0 Å². The fourth-order valence-electron chi connectivity index (χ4n) is 1.59. The minimum Gasteiger partial charge on any atom is -0.396 e. The van der Waals surface area contributed by atoms with Gasteiger partial charge in [0.05, 0.1) is 17.1 Å². The Morgan fingerprint density at radius 1 is 1.47 bits per heavy atom. The maximum Gasteiger partial charge on any atom is 0.241 e. The van der Waals surface area contributed by atoms with Gasteiger partial charge in [-0.2, -0.15) is 16.9 Å².